The summed E-state index contributed by atoms with van der Waals surface area (Å²) in [4.78, 5) is 0. The normalized spacial score (nSPS) is 24.1. The molecule has 0 aromatic heterocycles. The molecule has 1 aliphatic carbocycles. The second-order valence-electron chi connectivity index (χ2n) is 7.13. The first-order valence-corrected chi connectivity index (χ1v) is 6.27. The van der Waals surface area contributed by atoms with E-state index in [1.807, 2.05) is 0 Å². The van der Waals surface area contributed by atoms with Crippen molar-refractivity contribution in [1.82, 2.24) is 0 Å². The minimum absolute atomic E-state index is 0.0295. The van der Waals surface area contributed by atoms with Crippen molar-refractivity contribution in [2.24, 2.45) is 10.8 Å². The molecule has 16 heavy (non-hydrogen) atoms. The Hall–Kier alpha value is -0.660. The van der Waals surface area contributed by atoms with Crippen molar-refractivity contribution < 1.29 is 9.47 Å². The molecule has 0 saturated heterocycles. The summed E-state index contributed by atoms with van der Waals surface area (Å²) in [5.41, 5.74) is 0.0589. The maximum Gasteiger partial charge on any atom is 0.250 e. The van der Waals surface area contributed by atoms with Gasteiger partial charge in [0.05, 0.1) is 0 Å². The fraction of sp³-hybridized carbons (Fsp3) is 0.857. The van der Waals surface area contributed by atoms with E-state index in [1.165, 1.54) is 6.42 Å². The van der Waals surface area contributed by atoms with Gasteiger partial charge in [-0.15, -0.1) is 0 Å². The predicted molar refractivity (Wildman–Crippen MR) is 64.7 cm³/mol. The zero-order valence-electron chi connectivity index (χ0n) is 11.4. The molecule has 1 saturated carbocycles. The summed E-state index contributed by atoms with van der Waals surface area (Å²) in [6, 6.07) is 0. The van der Waals surface area contributed by atoms with Gasteiger partial charge in [-0.1, -0.05) is 41.5 Å². The zero-order valence-corrected chi connectivity index (χ0v) is 11.4. The molecule has 2 rings (SSSR count). The summed E-state index contributed by atoms with van der Waals surface area (Å²) >= 11 is 0. The van der Waals surface area contributed by atoms with Crippen LogP contribution in [0.25, 0.3) is 0 Å². The molecule has 92 valence electrons. The van der Waals surface area contributed by atoms with Crippen LogP contribution in [0.2, 0.25) is 0 Å². The molecule has 0 N–H and O–H groups in total. The van der Waals surface area contributed by atoms with Crippen molar-refractivity contribution in [1.29, 1.82) is 0 Å². The first-order chi connectivity index (χ1) is 7.14. The molecule has 0 bridgehead atoms. The number of rotatable bonds is 0. The third-order valence-corrected chi connectivity index (χ3v) is 3.26. The minimum Gasteiger partial charge on any atom is -0.453 e. The molecule has 1 fully saturated rings. The topological polar surface area (TPSA) is 18.5 Å². The molecular formula is C14H24O2. The van der Waals surface area contributed by atoms with E-state index in [0.717, 1.165) is 24.4 Å². The Morgan fingerprint density at radius 3 is 1.38 bits per heavy atom. The Labute approximate surface area is 99.0 Å². The van der Waals surface area contributed by atoms with Gasteiger partial charge < -0.3 is 9.47 Å². The Morgan fingerprint density at radius 2 is 1.19 bits per heavy atom. The van der Waals surface area contributed by atoms with Crippen LogP contribution in [0, 0.1) is 10.8 Å². The Morgan fingerprint density at radius 1 is 0.812 bits per heavy atom. The van der Waals surface area contributed by atoms with Gasteiger partial charge in [-0.3, -0.25) is 0 Å². The largest absolute Gasteiger partial charge is 0.453 e. The van der Waals surface area contributed by atoms with Gasteiger partial charge in [-0.05, 0) is 6.42 Å². The summed E-state index contributed by atoms with van der Waals surface area (Å²) in [6.07, 6.45) is 3.28. The SMILES string of the molecule is CC(C)(C)C1=C(C(C)(C)C)OC2(CCC2)O1. The lowest BCUT2D eigenvalue weighted by Gasteiger charge is -2.38. The molecule has 1 heterocycles. The summed E-state index contributed by atoms with van der Waals surface area (Å²) in [7, 11) is 0. The summed E-state index contributed by atoms with van der Waals surface area (Å²) in [5, 5.41) is 0. The van der Waals surface area contributed by atoms with Crippen molar-refractivity contribution in [3.63, 3.8) is 0 Å². The van der Waals surface area contributed by atoms with Crippen LogP contribution >= 0.6 is 0 Å². The predicted octanol–water partition coefficient (Wildman–Crippen LogP) is 4.22. The van der Waals surface area contributed by atoms with E-state index < -0.39 is 0 Å². The number of hydrogen-bond acceptors (Lipinski definition) is 2. The lowest BCUT2D eigenvalue weighted by molar-refractivity contribution is -0.212. The monoisotopic (exact) mass is 224 g/mol. The molecule has 0 aromatic rings. The van der Waals surface area contributed by atoms with Gasteiger partial charge >= 0.3 is 0 Å². The molecule has 2 heteroatoms. The van der Waals surface area contributed by atoms with Gasteiger partial charge in [0.2, 0.25) is 0 Å². The molecule has 0 unspecified atom stereocenters. The Balaban J connectivity index is 2.34. The van der Waals surface area contributed by atoms with Crippen LogP contribution in [0.5, 0.6) is 0 Å². The van der Waals surface area contributed by atoms with Crippen LogP contribution in [0.3, 0.4) is 0 Å². The second-order valence-corrected chi connectivity index (χ2v) is 7.13. The average Bonchev–Trinajstić information content (AvgIpc) is 2.39. The van der Waals surface area contributed by atoms with E-state index >= 15 is 0 Å². The molecule has 1 aliphatic heterocycles. The lowest BCUT2D eigenvalue weighted by Crippen LogP contribution is -2.39. The maximum atomic E-state index is 6.15. The lowest BCUT2D eigenvalue weighted by atomic mass is 9.85. The van der Waals surface area contributed by atoms with Gasteiger partial charge in [-0.2, -0.15) is 0 Å². The van der Waals surface area contributed by atoms with Gasteiger partial charge in [0.15, 0.2) is 0 Å². The minimum atomic E-state index is -0.300. The number of hydrogen-bond donors (Lipinski definition) is 0. The third-order valence-electron chi connectivity index (χ3n) is 3.26. The molecule has 0 radical (unpaired) electrons. The van der Waals surface area contributed by atoms with Crippen molar-refractivity contribution in [2.45, 2.75) is 66.6 Å². The highest BCUT2D eigenvalue weighted by Gasteiger charge is 2.52. The molecule has 2 aliphatic rings. The van der Waals surface area contributed by atoms with E-state index in [4.69, 9.17) is 9.47 Å². The summed E-state index contributed by atoms with van der Waals surface area (Å²) < 4.78 is 12.3. The first-order valence-electron chi connectivity index (χ1n) is 6.27. The van der Waals surface area contributed by atoms with E-state index in [9.17, 15) is 0 Å². The van der Waals surface area contributed by atoms with Crippen LogP contribution in [-0.2, 0) is 9.47 Å². The molecular weight excluding hydrogens is 200 g/mol. The standard InChI is InChI=1S/C14H24O2/c1-12(2,3)10-11(13(4,5)6)16-14(15-10)8-7-9-14/h7-9H2,1-6H3. The number of allylic oxidation sites excluding steroid dienone is 2. The van der Waals surface area contributed by atoms with Gasteiger partial charge in [0.1, 0.15) is 11.5 Å². The van der Waals surface area contributed by atoms with Crippen LogP contribution in [0.1, 0.15) is 60.8 Å². The molecule has 0 amide bonds. The van der Waals surface area contributed by atoms with Gasteiger partial charge in [-0.25, -0.2) is 0 Å². The maximum absolute atomic E-state index is 6.15. The van der Waals surface area contributed by atoms with E-state index in [0.29, 0.717) is 0 Å². The summed E-state index contributed by atoms with van der Waals surface area (Å²) in [5.74, 6) is 1.81. The van der Waals surface area contributed by atoms with Crippen molar-refractivity contribution in [3.05, 3.63) is 11.5 Å². The van der Waals surface area contributed by atoms with Gasteiger partial charge in [0.25, 0.3) is 5.79 Å². The van der Waals surface area contributed by atoms with Crippen molar-refractivity contribution in [3.8, 4) is 0 Å². The van der Waals surface area contributed by atoms with Gasteiger partial charge in [0, 0.05) is 23.7 Å². The molecule has 0 aromatic carbocycles. The third kappa shape index (κ3) is 1.83. The fourth-order valence-corrected chi connectivity index (χ4v) is 2.14. The molecule has 1 spiro atoms. The van der Waals surface area contributed by atoms with Crippen molar-refractivity contribution in [2.75, 3.05) is 0 Å². The Kier molecular flexibility index (Phi) is 2.35. The van der Waals surface area contributed by atoms with Crippen LogP contribution in [0.4, 0.5) is 0 Å². The quantitative estimate of drug-likeness (QED) is 0.613. The van der Waals surface area contributed by atoms with Crippen LogP contribution in [0.15, 0.2) is 11.5 Å². The zero-order chi connectivity index (χ0) is 12.2. The summed E-state index contributed by atoms with van der Waals surface area (Å²) in [6.45, 7) is 13.1. The van der Waals surface area contributed by atoms with Crippen molar-refractivity contribution >= 4 is 0 Å². The van der Waals surface area contributed by atoms with E-state index in [2.05, 4.69) is 41.5 Å². The number of ether oxygens (including phenoxy) is 2. The second kappa shape index (κ2) is 3.18. The average molecular weight is 224 g/mol. The highest BCUT2D eigenvalue weighted by atomic mass is 16.7. The first kappa shape index (κ1) is 11.8. The van der Waals surface area contributed by atoms with Crippen LogP contribution < -0.4 is 0 Å². The van der Waals surface area contributed by atoms with Crippen LogP contribution in [-0.4, -0.2) is 5.79 Å². The smallest absolute Gasteiger partial charge is 0.250 e. The molecule has 0 atom stereocenters. The fourth-order valence-electron chi connectivity index (χ4n) is 2.14. The molecule has 2 nitrogen and oxygen atoms in total. The Bertz CT molecular complexity index is 294. The highest BCUT2D eigenvalue weighted by Crippen LogP contribution is 2.53. The van der Waals surface area contributed by atoms with E-state index in [1.54, 1.807) is 0 Å². The highest BCUT2D eigenvalue weighted by molar-refractivity contribution is 5.20. The van der Waals surface area contributed by atoms with E-state index in [-0.39, 0.29) is 16.6 Å².